The molecular formula is C72H136O17P2. The normalized spacial score (nSPS) is 14.6. The molecule has 91 heavy (non-hydrogen) atoms. The van der Waals surface area contributed by atoms with Crippen molar-refractivity contribution in [2.45, 2.75) is 356 Å². The van der Waals surface area contributed by atoms with E-state index in [1.807, 2.05) is 0 Å². The summed E-state index contributed by atoms with van der Waals surface area (Å²) < 4.78 is 68.3. The Hall–Kier alpha value is -2.46. The molecule has 0 saturated carbocycles. The Balaban J connectivity index is 5.30. The number of esters is 4. The molecule has 0 heterocycles. The second-order valence-electron chi connectivity index (χ2n) is 26.5. The first-order chi connectivity index (χ1) is 43.8. The lowest BCUT2D eigenvalue weighted by Gasteiger charge is -2.21. The van der Waals surface area contributed by atoms with Gasteiger partial charge in [0, 0.05) is 25.7 Å². The molecular weight excluding hydrogens is 1200 g/mol. The molecule has 6 atom stereocenters. The van der Waals surface area contributed by atoms with E-state index in [-0.39, 0.29) is 25.7 Å². The molecule has 0 aromatic rings. The molecule has 19 heteroatoms. The molecule has 0 aromatic carbocycles. The van der Waals surface area contributed by atoms with Crippen LogP contribution in [0.3, 0.4) is 0 Å². The van der Waals surface area contributed by atoms with Crippen molar-refractivity contribution < 1.29 is 80.2 Å². The maximum Gasteiger partial charge on any atom is 0.472 e. The van der Waals surface area contributed by atoms with E-state index < -0.39 is 97.5 Å². The quantitative estimate of drug-likeness (QED) is 0.0169. The van der Waals surface area contributed by atoms with Crippen LogP contribution in [0.2, 0.25) is 0 Å². The van der Waals surface area contributed by atoms with E-state index in [0.717, 1.165) is 121 Å². The van der Waals surface area contributed by atoms with Crippen LogP contribution in [0.5, 0.6) is 0 Å². The predicted octanol–water partition coefficient (Wildman–Crippen LogP) is 20.2. The summed E-state index contributed by atoms with van der Waals surface area (Å²) in [5, 5.41) is 10.6. The first kappa shape index (κ1) is 88.5. The maximum absolute atomic E-state index is 13.0. The van der Waals surface area contributed by atoms with Gasteiger partial charge in [-0.2, -0.15) is 0 Å². The van der Waals surface area contributed by atoms with Crippen molar-refractivity contribution in [3.63, 3.8) is 0 Å². The van der Waals surface area contributed by atoms with Gasteiger partial charge in [-0.05, 0) is 69.1 Å². The van der Waals surface area contributed by atoms with E-state index in [0.29, 0.717) is 31.6 Å². The Morgan fingerprint density at radius 3 is 0.978 bits per heavy atom. The molecule has 0 aromatic heterocycles. The number of phosphoric ester groups is 2. The third-order valence-electron chi connectivity index (χ3n) is 16.4. The van der Waals surface area contributed by atoms with Gasteiger partial charge in [-0.15, -0.1) is 0 Å². The summed E-state index contributed by atoms with van der Waals surface area (Å²) in [7, 11) is -9.92. The minimum Gasteiger partial charge on any atom is -0.462 e. The number of unbranched alkanes of at least 4 members (excludes halogenated alkanes) is 32. The SMILES string of the molecule is CCCCCC/C=C\C=C/CCCCCCCC(=O)O[C@H](COC(=O)CCCCCCCCCC(C)C)COP(=O)(O)OCC(O)COP(=O)(O)OC[C@@H](COC(=O)CCCCCCCCCCC(C)CC)OC(=O)CCCCCCCCCCCCCC(C)C. The number of carbonyl (C=O) groups excluding carboxylic acids is 4. The molecule has 0 aliphatic heterocycles. The van der Waals surface area contributed by atoms with Crippen LogP contribution in [0, 0.1) is 17.8 Å². The Bertz CT molecular complexity index is 1880. The lowest BCUT2D eigenvalue weighted by Crippen LogP contribution is -2.30. The van der Waals surface area contributed by atoms with Crippen LogP contribution >= 0.6 is 15.6 Å². The van der Waals surface area contributed by atoms with Gasteiger partial charge in [0.25, 0.3) is 0 Å². The summed E-state index contributed by atoms with van der Waals surface area (Å²) in [6.07, 6.45) is 49.4. The van der Waals surface area contributed by atoms with E-state index in [2.05, 4.69) is 72.8 Å². The van der Waals surface area contributed by atoms with E-state index in [1.165, 1.54) is 128 Å². The highest BCUT2D eigenvalue weighted by Gasteiger charge is 2.30. The predicted molar refractivity (Wildman–Crippen MR) is 367 cm³/mol. The second-order valence-corrected chi connectivity index (χ2v) is 29.4. The average Bonchev–Trinajstić information content (AvgIpc) is 3.36. The molecule has 17 nitrogen and oxygen atoms in total. The van der Waals surface area contributed by atoms with E-state index in [1.54, 1.807) is 0 Å². The molecule has 0 aliphatic carbocycles. The van der Waals surface area contributed by atoms with Crippen LogP contribution in [0.1, 0.15) is 337 Å². The molecule has 0 saturated heterocycles. The lowest BCUT2D eigenvalue weighted by molar-refractivity contribution is -0.161. The van der Waals surface area contributed by atoms with Gasteiger partial charge in [-0.25, -0.2) is 9.13 Å². The summed E-state index contributed by atoms with van der Waals surface area (Å²) in [4.78, 5) is 72.6. The van der Waals surface area contributed by atoms with Crippen molar-refractivity contribution in [1.29, 1.82) is 0 Å². The summed E-state index contributed by atoms with van der Waals surface area (Å²) in [5.74, 6) is 0.0859. The standard InChI is InChI=1S/C72H136O17P2/c1-8-10-11-12-13-14-15-16-17-18-21-24-33-41-48-55-71(76)89-68(60-83-70(75)54-47-40-35-28-30-37-44-51-64(5)6)62-87-91(80,81)85-58-66(73)57-84-90(78,79)86-61-67(59-82-69(74)53-46-39-32-27-26-31-38-45-52-65(7)9-2)88-72(77)56-49-42-34-25-22-19-20-23-29-36-43-50-63(3)4/h14-17,63-68,73H,8-13,18-62H2,1-7H3,(H,78,79)(H,80,81)/b15-14-,17-16-/t65?,66?,67-,68-/m1/s1. The number of carbonyl (C=O) groups is 4. The summed E-state index contributed by atoms with van der Waals surface area (Å²) in [6.45, 7) is 11.7. The molecule has 0 bridgehead atoms. The van der Waals surface area contributed by atoms with Gasteiger partial charge >= 0.3 is 39.5 Å². The van der Waals surface area contributed by atoms with Gasteiger partial charge in [0.15, 0.2) is 12.2 Å². The zero-order valence-electron chi connectivity index (χ0n) is 58.8. The van der Waals surface area contributed by atoms with Crippen LogP contribution in [0.4, 0.5) is 0 Å². The largest absolute Gasteiger partial charge is 0.472 e. The fourth-order valence-electron chi connectivity index (χ4n) is 10.3. The third-order valence-corrected chi connectivity index (χ3v) is 18.3. The van der Waals surface area contributed by atoms with Crippen LogP contribution in [-0.2, 0) is 65.4 Å². The van der Waals surface area contributed by atoms with Gasteiger partial charge in [0.05, 0.1) is 26.4 Å². The molecule has 536 valence electrons. The molecule has 0 fully saturated rings. The van der Waals surface area contributed by atoms with Crippen molar-refractivity contribution in [3.05, 3.63) is 24.3 Å². The third kappa shape index (κ3) is 64.6. The number of allylic oxidation sites excluding steroid dienone is 4. The van der Waals surface area contributed by atoms with Gasteiger partial charge in [-0.3, -0.25) is 37.3 Å². The summed E-state index contributed by atoms with van der Waals surface area (Å²) >= 11 is 0. The number of ether oxygens (including phenoxy) is 4. The monoisotopic (exact) mass is 1330 g/mol. The second kappa shape index (κ2) is 62.4. The molecule has 0 spiro atoms. The van der Waals surface area contributed by atoms with E-state index in [9.17, 15) is 43.2 Å². The highest BCUT2D eigenvalue weighted by atomic mass is 31.2. The van der Waals surface area contributed by atoms with Crippen LogP contribution < -0.4 is 0 Å². The number of aliphatic hydroxyl groups is 1. The zero-order valence-corrected chi connectivity index (χ0v) is 60.6. The molecule has 3 N–H and O–H groups in total. The topological polar surface area (TPSA) is 237 Å². The van der Waals surface area contributed by atoms with Crippen molar-refractivity contribution >= 4 is 39.5 Å². The van der Waals surface area contributed by atoms with Gasteiger partial charge in [0.2, 0.25) is 0 Å². The Labute approximate surface area is 554 Å². The van der Waals surface area contributed by atoms with Crippen molar-refractivity contribution in [3.8, 4) is 0 Å². The smallest absolute Gasteiger partial charge is 0.462 e. The molecule has 0 amide bonds. The van der Waals surface area contributed by atoms with Crippen molar-refractivity contribution in [1.82, 2.24) is 0 Å². The Kier molecular flexibility index (Phi) is 60.7. The van der Waals surface area contributed by atoms with Gasteiger partial charge in [0.1, 0.15) is 19.3 Å². The highest BCUT2D eigenvalue weighted by Crippen LogP contribution is 2.45. The zero-order chi connectivity index (χ0) is 67.3. The lowest BCUT2D eigenvalue weighted by atomic mass is 9.99. The van der Waals surface area contributed by atoms with Crippen molar-refractivity contribution in [2.24, 2.45) is 17.8 Å². The van der Waals surface area contributed by atoms with Gasteiger partial charge < -0.3 is 33.8 Å². The van der Waals surface area contributed by atoms with Gasteiger partial charge in [-0.1, -0.05) is 285 Å². The minimum absolute atomic E-state index is 0.0838. The average molecular weight is 1340 g/mol. The number of aliphatic hydroxyl groups excluding tert-OH is 1. The molecule has 0 rings (SSSR count). The van der Waals surface area contributed by atoms with Crippen molar-refractivity contribution in [2.75, 3.05) is 39.6 Å². The van der Waals surface area contributed by atoms with Crippen LogP contribution in [0.25, 0.3) is 0 Å². The van der Waals surface area contributed by atoms with Crippen LogP contribution in [0.15, 0.2) is 24.3 Å². The highest BCUT2D eigenvalue weighted by molar-refractivity contribution is 7.47. The Morgan fingerprint density at radius 2 is 0.648 bits per heavy atom. The summed E-state index contributed by atoms with van der Waals surface area (Å²) in [6, 6.07) is 0. The fourth-order valence-corrected chi connectivity index (χ4v) is 11.9. The minimum atomic E-state index is -4.96. The number of rotatable bonds is 68. The summed E-state index contributed by atoms with van der Waals surface area (Å²) in [5.41, 5.74) is 0. The number of hydrogen-bond donors (Lipinski definition) is 3. The van der Waals surface area contributed by atoms with E-state index in [4.69, 9.17) is 37.0 Å². The molecule has 4 unspecified atom stereocenters. The molecule has 0 aliphatic rings. The van der Waals surface area contributed by atoms with E-state index >= 15 is 0 Å². The first-order valence-corrected chi connectivity index (χ1v) is 39.7. The van der Waals surface area contributed by atoms with Crippen LogP contribution in [-0.4, -0.2) is 96.7 Å². The number of hydrogen-bond acceptors (Lipinski definition) is 15. The fraction of sp³-hybridized carbons (Fsp3) is 0.889. The Morgan fingerprint density at radius 1 is 0.363 bits per heavy atom. The maximum atomic E-state index is 13.0. The molecule has 0 radical (unpaired) electrons. The number of phosphoric acid groups is 2. The first-order valence-electron chi connectivity index (χ1n) is 36.7.